The number of nitrogens with zero attached hydrogens (tertiary/aromatic N) is 2. The molecule has 6 heteroatoms. The van der Waals surface area contributed by atoms with E-state index in [0.717, 1.165) is 25.8 Å². The standard InChI is InChI=1S/C21H30N4O2/c22-10-11-23-20(26)19-12-18(14-25(19)21(27)16-6-7-16)24(17-8-9-17)13-15-4-2-1-3-5-15/h1-5,16-19H,6-14,22H2,(H,23,26). The second kappa shape index (κ2) is 7.98. The van der Waals surface area contributed by atoms with Crippen molar-refractivity contribution in [3.63, 3.8) is 0 Å². The molecule has 1 aromatic rings. The molecule has 146 valence electrons. The van der Waals surface area contributed by atoms with E-state index >= 15 is 0 Å². The first-order valence-corrected chi connectivity index (χ1v) is 10.3. The van der Waals surface area contributed by atoms with Gasteiger partial charge in [0.15, 0.2) is 0 Å². The Hall–Kier alpha value is -1.92. The number of nitrogens with one attached hydrogen (secondary N) is 1. The molecule has 1 aromatic carbocycles. The van der Waals surface area contributed by atoms with Crippen LogP contribution in [-0.2, 0) is 16.1 Å². The third kappa shape index (κ3) is 4.33. The second-order valence-electron chi connectivity index (χ2n) is 8.14. The second-order valence-corrected chi connectivity index (χ2v) is 8.14. The fourth-order valence-electron chi connectivity index (χ4n) is 4.18. The van der Waals surface area contributed by atoms with Gasteiger partial charge in [-0.15, -0.1) is 0 Å². The molecule has 6 nitrogen and oxygen atoms in total. The van der Waals surface area contributed by atoms with Crippen molar-refractivity contribution >= 4 is 11.8 Å². The normalized spacial score (nSPS) is 25.0. The van der Waals surface area contributed by atoms with Crippen LogP contribution in [0.25, 0.3) is 0 Å². The maximum absolute atomic E-state index is 12.8. The summed E-state index contributed by atoms with van der Waals surface area (Å²) in [5, 5.41) is 2.90. The lowest BCUT2D eigenvalue weighted by Crippen LogP contribution is -2.47. The highest BCUT2D eigenvalue weighted by molar-refractivity contribution is 5.90. The Morgan fingerprint density at radius 1 is 1.11 bits per heavy atom. The minimum absolute atomic E-state index is 0.0487. The van der Waals surface area contributed by atoms with E-state index in [1.165, 1.54) is 18.4 Å². The van der Waals surface area contributed by atoms with Crippen LogP contribution in [-0.4, -0.2) is 59.4 Å². The summed E-state index contributed by atoms with van der Waals surface area (Å²) in [4.78, 5) is 29.9. The van der Waals surface area contributed by atoms with Crippen molar-refractivity contribution in [1.29, 1.82) is 0 Å². The van der Waals surface area contributed by atoms with Crippen molar-refractivity contribution in [3.8, 4) is 0 Å². The first kappa shape index (κ1) is 18.4. The average Bonchev–Trinajstić information content (AvgIpc) is 3.61. The van der Waals surface area contributed by atoms with Crippen molar-refractivity contribution in [3.05, 3.63) is 35.9 Å². The van der Waals surface area contributed by atoms with Gasteiger partial charge in [-0.2, -0.15) is 0 Å². The van der Waals surface area contributed by atoms with E-state index in [2.05, 4.69) is 34.5 Å². The molecule has 3 fully saturated rings. The summed E-state index contributed by atoms with van der Waals surface area (Å²) in [5.41, 5.74) is 6.83. The molecule has 1 heterocycles. The van der Waals surface area contributed by atoms with E-state index < -0.39 is 0 Å². The zero-order valence-corrected chi connectivity index (χ0v) is 15.8. The monoisotopic (exact) mass is 370 g/mol. The molecule has 1 aliphatic heterocycles. The van der Waals surface area contributed by atoms with Crippen LogP contribution in [0.2, 0.25) is 0 Å². The van der Waals surface area contributed by atoms with Gasteiger partial charge in [0.1, 0.15) is 6.04 Å². The lowest BCUT2D eigenvalue weighted by Gasteiger charge is -2.29. The number of benzene rings is 1. The van der Waals surface area contributed by atoms with Gasteiger partial charge in [0.05, 0.1) is 0 Å². The highest BCUT2D eigenvalue weighted by Crippen LogP contribution is 2.38. The van der Waals surface area contributed by atoms with Crippen molar-refractivity contribution in [1.82, 2.24) is 15.1 Å². The van der Waals surface area contributed by atoms with Crippen LogP contribution >= 0.6 is 0 Å². The molecule has 2 aliphatic carbocycles. The molecule has 2 amide bonds. The van der Waals surface area contributed by atoms with Gasteiger partial charge in [-0.25, -0.2) is 0 Å². The van der Waals surface area contributed by atoms with Crippen molar-refractivity contribution in [2.75, 3.05) is 19.6 Å². The molecule has 0 aromatic heterocycles. The Bertz CT molecular complexity index is 672. The van der Waals surface area contributed by atoms with Crippen molar-refractivity contribution < 1.29 is 9.59 Å². The van der Waals surface area contributed by atoms with E-state index in [1.807, 2.05) is 11.0 Å². The largest absolute Gasteiger partial charge is 0.353 e. The van der Waals surface area contributed by atoms with Crippen LogP contribution in [0.5, 0.6) is 0 Å². The SMILES string of the molecule is NCCNC(=O)C1CC(N(Cc2ccccc2)C2CC2)CN1C(=O)C1CC1. The Morgan fingerprint density at radius 2 is 1.85 bits per heavy atom. The summed E-state index contributed by atoms with van der Waals surface area (Å²) in [6, 6.07) is 11.0. The maximum Gasteiger partial charge on any atom is 0.242 e. The summed E-state index contributed by atoms with van der Waals surface area (Å²) in [7, 11) is 0. The zero-order valence-electron chi connectivity index (χ0n) is 15.8. The van der Waals surface area contributed by atoms with Crippen LogP contribution in [0.1, 0.15) is 37.7 Å². The fraction of sp³-hybridized carbons (Fsp3) is 0.619. The van der Waals surface area contributed by atoms with Gasteiger partial charge in [0, 0.05) is 44.2 Å². The minimum atomic E-state index is -0.355. The first-order chi connectivity index (χ1) is 13.2. The molecule has 2 atom stereocenters. The predicted octanol–water partition coefficient (Wildman–Crippen LogP) is 1.11. The van der Waals surface area contributed by atoms with E-state index in [9.17, 15) is 9.59 Å². The molecule has 0 radical (unpaired) electrons. The number of amides is 2. The van der Waals surface area contributed by atoms with Crippen LogP contribution in [0.3, 0.4) is 0 Å². The number of hydrogen-bond donors (Lipinski definition) is 2. The molecule has 2 unspecified atom stereocenters. The third-order valence-corrected chi connectivity index (χ3v) is 5.93. The zero-order chi connectivity index (χ0) is 18.8. The molecule has 4 rings (SSSR count). The van der Waals surface area contributed by atoms with Gasteiger partial charge in [0.2, 0.25) is 11.8 Å². The Balaban J connectivity index is 1.49. The summed E-state index contributed by atoms with van der Waals surface area (Å²) in [5.74, 6) is 0.255. The topological polar surface area (TPSA) is 78.7 Å². The highest BCUT2D eigenvalue weighted by atomic mass is 16.2. The van der Waals surface area contributed by atoms with Gasteiger partial charge >= 0.3 is 0 Å². The molecule has 27 heavy (non-hydrogen) atoms. The molecule has 1 saturated heterocycles. The Morgan fingerprint density at radius 3 is 2.48 bits per heavy atom. The summed E-state index contributed by atoms with van der Waals surface area (Å²) < 4.78 is 0. The van der Waals surface area contributed by atoms with E-state index in [4.69, 9.17) is 5.73 Å². The number of likely N-dealkylation sites (tertiary alicyclic amines) is 1. The lowest BCUT2D eigenvalue weighted by molar-refractivity contribution is -0.139. The maximum atomic E-state index is 12.8. The van der Waals surface area contributed by atoms with Crippen molar-refractivity contribution in [2.45, 2.75) is 56.8 Å². The Labute approximate surface area is 161 Å². The Kier molecular flexibility index (Phi) is 5.45. The number of hydrogen-bond acceptors (Lipinski definition) is 4. The number of carbonyl (C=O) groups is 2. The molecule has 0 bridgehead atoms. The predicted molar refractivity (Wildman–Crippen MR) is 104 cm³/mol. The average molecular weight is 370 g/mol. The van der Waals surface area contributed by atoms with Crippen LogP contribution in [0, 0.1) is 5.92 Å². The molecular formula is C21H30N4O2. The highest BCUT2D eigenvalue weighted by Gasteiger charge is 2.47. The summed E-state index contributed by atoms with van der Waals surface area (Å²) in [6.45, 7) is 2.43. The first-order valence-electron chi connectivity index (χ1n) is 10.3. The third-order valence-electron chi connectivity index (χ3n) is 5.93. The van der Waals surface area contributed by atoms with Crippen LogP contribution < -0.4 is 11.1 Å². The number of rotatable bonds is 8. The van der Waals surface area contributed by atoms with Crippen molar-refractivity contribution in [2.24, 2.45) is 11.7 Å². The quantitative estimate of drug-likeness (QED) is 0.718. The minimum Gasteiger partial charge on any atom is -0.353 e. The molecular weight excluding hydrogens is 340 g/mol. The smallest absolute Gasteiger partial charge is 0.242 e. The summed E-state index contributed by atoms with van der Waals surface area (Å²) in [6.07, 6.45) is 5.08. The van der Waals surface area contributed by atoms with Gasteiger partial charge in [-0.05, 0) is 37.7 Å². The fourth-order valence-corrected chi connectivity index (χ4v) is 4.18. The molecule has 3 aliphatic rings. The molecule has 0 spiro atoms. The van der Waals surface area contributed by atoms with Crippen LogP contribution in [0.4, 0.5) is 0 Å². The van der Waals surface area contributed by atoms with Gasteiger partial charge in [0.25, 0.3) is 0 Å². The van der Waals surface area contributed by atoms with E-state index in [1.54, 1.807) is 0 Å². The lowest BCUT2D eigenvalue weighted by atomic mass is 10.1. The van der Waals surface area contributed by atoms with Gasteiger partial charge in [-0.3, -0.25) is 14.5 Å². The van der Waals surface area contributed by atoms with E-state index in [0.29, 0.717) is 25.7 Å². The van der Waals surface area contributed by atoms with Crippen LogP contribution in [0.15, 0.2) is 30.3 Å². The van der Waals surface area contributed by atoms with E-state index in [-0.39, 0.29) is 29.8 Å². The molecule has 3 N–H and O–H groups in total. The summed E-state index contributed by atoms with van der Waals surface area (Å²) >= 11 is 0. The number of nitrogens with two attached hydrogens (primary N) is 1. The van der Waals surface area contributed by atoms with Gasteiger partial charge in [-0.1, -0.05) is 30.3 Å². The molecule has 2 saturated carbocycles. The number of carbonyl (C=O) groups excluding carboxylic acids is 2. The van der Waals surface area contributed by atoms with Gasteiger partial charge < -0.3 is 16.0 Å².